The van der Waals surface area contributed by atoms with Crippen LogP contribution in [0, 0.1) is 0 Å². The molecule has 0 aliphatic carbocycles. The number of nitrogens with one attached hydrogen (secondary N) is 2. The maximum absolute atomic E-state index is 11.5. The fraction of sp³-hybridized carbons (Fsp3) is 0.941. The molecule has 0 aliphatic rings. The van der Waals surface area contributed by atoms with Crippen LogP contribution < -0.4 is 10.6 Å². The van der Waals surface area contributed by atoms with Crippen LogP contribution in [0.3, 0.4) is 0 Å². The van der Waals surface area contributed by atoms with E-state index >= 15 is 0 Å². The van der Waals surface area contributed by atoms with E-state index in [2.05, 4.69) is 17.6 Å². The summed E-state index contributed by atoms with van der Waals surface area (Å²) in [6, 6.07) is 0. The Hall–Kier alpha value is -0.610. The Morgan fingerprint density at radius 2 is 1.48 bits per heavy atom. The molecule has 4 heteroatoms. The Labute approximate surface area is 131 Å². The Bertz CT molecular complexity index is 223. The quantitative estimate of drug-likeness (QED) is 0.303. The van der Waals surface area contributed by atoms with Crippen LogP contribution >= 0.6 is 0 Å². The summed E-state index contributed by atoms with van der Waals surface area (Å²) in [5, 5.41) is 14.8. The van der Waals surface area contributed by atoms with Crippen molar-refractivity contribution in [2.75, 3.05) is 19.8 Å². The molecular formula is C17H36N2O2. The summed E-state index contributed by atoms with van der Waals surface area (Å²) in [6.07, 6.45) is 13.5. The Kier molecular flexibility index (Phi) is 16.9. The van der Waals surface area contributed by atoms with E-state index < -0.39 is 0 Å². The first-order chi connectivity index (χ1) is 10.3. The van der Waals surface area contributed by atoms with Crippen LogP contribution in [-0.4, -0.2) is 30.8 Å². The van der Waals surface area contributed by atoms with E-state index in [4.69, 9.17) is 5.11 Å². The lowest BCUT2D eigenvalue weighted by atomic mass is 10.1. The number of aliphatic hydroxyl groups excluding tert-OH is 1. The molecule has 0 heterocycles. The van der Waals surface area contributed by atoms with Crippen molar-refractivity contribution in [2.24, 2.45) is 0 Å². The van der Waals surface area contributed by atoms with Gasteiger partial charge in [0.25, 0.3) is 0 Å². The average molecular weight is 300 g/mol. The summed E-state index contributed by atoms with van der Waals surface area (Å²) < 4.78 is 0. The molecule has 0 rings (SSSR count). The number of rotatable bonds is 16. The van der Waals surface area contributed by atoms with Crippen LogP contribution in [0.5, 0.6) is 0 Å². The van der Waals surface area contributed by atoms with Gasteiger partial charge in [-0.05, 0) is 25.8 Å². The molecule has 21 heavy (non-hydrogen) atoms. The zero-order valence-electron chi connectivity index (χ0n) is 14.0. The van der Waals surface area contributed by atoms with Crippen molar-refractivity contribution in [3.63, 3.8) is 0 Å². The highest BCUT2D eigenvalue weighted by Crippen LogP contribution is 2.05. The third-order valence-corrected chi connectivity index (χ3v) is 3.68. The van der Waals surface area contributed by atoms with Crippen molar-refractivity contribution in [2.45, 2.75) is 84.0 Å². The minimum atomic E-state index is 0.169. The molecule has 0 aliphatic heterocycles. The van der Waals surface area contributed by atoms with E-state index in [1.165, 1.54) is 44.9 Å². The van der Waals surface area contributed by atoms with Crippen LogP contribution in [0.4, 0.5) is 0 Å². The summed E-state index contributed by atoms with van der Waals surface area (Å²) in [5.41, 5.74) is 0. The average Bonchev–Trinajstić information content (AvgIpc) is 2.49. The predicted octanol–water partition coefficient (Wildman–Crippen LogP) is 3.34. The zero-order valence-corrected chi connectivity index (χ0v) is 14.0. The fourth-order valence-corrected chi connectivity index (χ4v) is 2.30. The van der Waals surface area contributed by atoms with Gasteiger partial charge in [-0.2, -0.15) is 0 Å². The van der Waals surface area contributed by atoms with Gasteiger partial charge in [0.1, 0.15) is 0 Å². The molecule has 0 saturated heterocycles. The monoisotopic (exact) mass is 300 g/mol. The highest BCUT2D eigenvalue weighted by molar-refractivity contribution is 5.75. The van der Waals surface area contributed by atoms with Crippen molar-refractivity contribution in [1.82, 2.24) is 10.6 Å². The number of carbonyl (C=O) groups excluding carboxylic acids is 1. The second-order valence-electron chi connectivity index (χ2n) is 5.79. The first-order valence-corrected chi connectivity index (χ1v) is 8.89. The van der Waals surface area contributed by atoms with Gasteiger partial charge in [0.05, 0.1) is 6.67 Å². The van der Waals surface area contributed by atoms with Gasteiger partial charge in [-0.3, -0.25) is 10.1 Å². The van der Waals surface area contributed by atoms with Gasteiger partial charge < -0.3 is 10.4 Å². The predicted molar refractivity (Wildman–Crippen MR) is 89.2 cm³/mol. The van der Waals surface area contributed by atoms with Crippen molar-refractivity contribution < 1.29 is 9.90 Å². The van der Waals surface area contributed by atoms with E-state index in [0.29, 0.717) is 19.7 Å². The number of hydrogen-bond acceptors (Lipinski definition) is 3. The molecule has 0 spiro atoms. The van der Waals surface area contributed by atoms with Crippen LogP contribution in [0.1, 0.15) is 84.0 Å². The molecule has 4 nitrogen and oxygen atoms in total. The second kappa shape index (κ2) is 17.4. The maximum atomic E-state index is 11.5. The van der Waals surface area contributed by atoms with Gasteiger partial charge in [-0.1, -0.05) is 58.3 Å². The summed E-state index contributed by atoms with van der Waals surface area (Å²) in [5.74, 6) is 0.169. The molecule has 0 radical (unpaired) electrons. The molecule has 0 aromatic heterocycles. The van der Waals surface area contributed by atoms with Crippen molar-refractivity contribution in [3.8, 4) is 0 Å². The summed E-state index contributed by atoms with van der Waals surface area (Å²) in [7, 11) is 0. The third kappa shape index (κ3) is 17.3. The molecule has 0 fully saturated rings. The fourth-order valence-electron chi connectivity index (χ4n) is 2.30. The molecule has 1 amide bonds. The minimum Gasteiger partial charge on any atom is -0.396 e. The SMILES string of the molecule is CCCCCCCC(=O)NCNCCCCCCCCO. The summed E-state index contributed by atoms with van der Waals surface area (Å²) in [4.78, 5) is 11.5. The van der Waals surface area contributed by atoms with Crippen LogP contribution in [-0.2, 0) is 4.79 Å². The smallest absolute Gasteiger partial charge is 0.220 e. The van der Waals surface area contributed by atoms with E-state index in [1.54, 1.807) is 0 Å². The lowest BCUT2D eigenvalue weighted by molar-refractivity contribution is -0.121. The van der Waals surface area contributed by atoms with Gasteiger partial charge in [-0.25, -0.2) is 0 Å². The van der Waals surface area contributed by atoms with Crippen LogP contribution in [0.2, 0.25) is 0 Å². The first kappa shape index (κ1) is 20.4. The number of unbranched alkanes of at least 4 members (excludes halogenated alkanes) is 9. The Morgan fingerprint density at radius 1 is 0.857 bits per heavy atom. The number of amides is 1. The Balaban J connectivity index is 3.11. The number of hydrogen-bond donors (Lipinski definition) is 3. The first-order valence-electron chi connectivity index (χ1n) is 8.89. The van der Waals surface area contributed by atoms with Gasteiger partial charge >= 0.3 is 0 Å². The molecule has 0 aromatic carbocycles. The molecule has 126 valence electrons. The van der Waals surface area contributed by atoms with Crippen molar-refractivity contribution >= 4 is 5.91 Å². The normalized spacial score (nSPS) is 10.8. The molecule has 0 aromatic rings. The minimum absolute atomic E-state index is 0.169. The van der Waals surface area contributed by atoms with Gasteiger partial charge in [0.2, 0.25) is 5.91 Å². The van der Waals surface area contributed by atoms with E-state index in [1.807, 2.05) is 0 Å². The van der Waals surface area contributed by atoms with E-state index in [0.717, 1.165) is 32.2 Å². The maximum Gasteiger partial charge on any atom is 0.220 e. The Morgan fingerprint density at radius 3 is 2.19 bits per heavy atom. The van der Waals surface area contributed by atoms with E-state index in [-0.39, 0.29) is 5.91 Å². The van der Waals surface area contributed by atoms with Crippen LogP contribution in [0.15, 0.2) is 0 Å². The van der Waals surface area contributed by atoms with Gasteiger partial charge in [0, 0.05) is 13.0 Å². The van der Waals surface area contributed by atoms with Gasteiger partial charge in [-0.15, -0.1) is 0 Å². The molecule has 3 N–H and O–H groups in total. The molecular weight excluding hydrogens is 264 g/mol. The number of aliphatic hydroxyl groups is 1. The topological polar surface area (TPSA) is 61.4 Å². The van der Waals surface area contributed by atoms with Gasteiger partial charge in [0.15, 0.2) is 0 Å². The summed E-state index contributed by atoms with van der Waals surface area (Å²) >= 11 is 0. The number of carbonyl (C=O) groups is 1. The summed E-state index contributed by atoms with van der Waals surface area (Å²) in [6.45, 7) is 4.09. The molecule has 0 bridgehead atoms. The third-order valence-electron chi connectivity index (χ3n) is 3.68. The van der Waals surface area contributed by atoms with Crippen molar-refractivity contribution in [1.29, 1.82) is 0 Å². The highest BCUT2D eigenvalue weighted by Gasteiger charge is 1.99. The molecule has 0 saturated carbocycles. The second-order valence-corrected chi connectivity index (χ2v) is 5.79. The van der Waals surface area contributed by atoms with E-state index in [9.17, 15) is 4.79 Å². The standard InChI is InChI=1S/C17H36N2O2/c1-2-3-4-7-10-13-17(21)19-16-18-14-11-8-5-6-9-12-15-20/h18,20H,2-16H2,1H3,(H,19,21). The molecule has 0 atom stereocenters. The largest absolute Gasteiger partial charge is 0.396 e. The lowest BCUT2D eigenvalue weighted by Crippen LogP contribution is -2.34. The molecule has 0 unspecified atom stereocenters. The lowest BCUT2D eigenvalue weighted by Gasteiger charge is -2.07. The zero-order chi connectivity index (χ0) is 15.6. The van der Waals surface area contributed by atoms with Crippen molar-refractivity contribution in [3.05, 3.63) is 0 Å². The van der Waals surface area contributed by atoms with Crippen LogP contribution in [0.25, 0.3) is 0 Å². The highest BCUT2D eigenvalue weighted by atomic mass is 16.2.